The van der Waals surface area contributed by atoms with Crippen molar-refractivity contribution in [2.45, 2.75) is 39.0 Å². The molecule has 15 heavy (non-hydrogen) atoms. The first-order valence-corrected chi connectivity index (χ1v) is 6.59. The molecule has 0 bridgehead atoms. The molecular weight excluding hydrogens is 212 g/mol. The Labute approximate surface area is 92.6 Å². The first-order valence-electron chi connectivity index (χ1n) is 5.12. The van der Waals surface area contributed by atoms with Crippen molar-refractivity contribution >= 4 is 10.1 Å². The number of allylic oxidation sites excluding steroid dienone is 1. The SMILES string of the molecule is C#CCOS(=O)(=O)C=CCCCCCC. The van der Waals surface area contributed by atoms with Crippen molar-refractivity contribution in [2.24, 2.45) is 0 Å². The molecule has 86 valence electrons. The zero-order valence-corrected chi connectivity index (χ0v) is 9.92. The molecule has 0 aliphatic rings. The summed E-state index contributed by atoms with van der Waals surface area (Å²) >= 11 is 0. The second-order valence-corrected chi connectivity index (χ2v) is 4.67. The van der Waals surface area contributed by atoms with Gasteiger partial charge in [-0.1, -0.05) is 38.2 Å². The topological polar surface area (TPSA) is 43.4 Å². The van der Waals surface area contributed by atoms with Crippen LogP contribution in [0.1, 0.15) is 39.0 Å². The van der Waals surface area contributed by atoms with Crippen LogP contribution >= 0.6 is 0 Å². The fourth-order valence-electron chi connectivity index (χ4n) is 1.03. The highest BCUT2D eigenvalue weighted by Crippen LogP contribution is 2.04. The van der Waals surface area contributed by atoms with Crippen LogP contribution in [0.3, 0.4) is 0 Å². The predicted octanol–water partition coefficient (Wildman–Crippen LogP) is 2.45. The van der Waals surface area contributed by atoms with Crippen molar-refractivity contribution in [1.29, 1.82) is 0 Å². The monoisotopic (exact) mass is 230 g/mol. The average molecular weight is 230 g/mol. The van der Waals surface area contributed by atoms with Crippen molar-refractivity contribution in [2.75, 3.05) is 6.61 Å². The molecule has 0 atom stereocenters. The van der Waals surface area contributed by atoms with Gasteiger partial charge >= 0.3 is 0 Å². The molecule has 0 fully saturated rings. The summed E-state index contributed by atoms with van der Waals surface area (Å²) in [4.78, 5) is 0. The molecule has 4 heteroatoms. The summed E-state index contributed by atoms with van der Waals surface area (Å²) in [5.74, 6) is 2.11. The fraction of sp³-hybridized carbons (Fsp3) is 0.636. The Kier molecular flexibility index (Phi) is 8.06. The molecular formula is C11H18O3S. The summed E-state index contributed by atoms with van der Waals surface area (Å²) in [6.45, 7) is 1.93. The Morgan fingerprint density at radius 2 is 2.07 bits per heavy atom. The third kappa shape index (κ3) is 9.51. The molecule has 0 N–H and O–H groups in total. The fourth-order valence-corrected chi connectivity index (χ4v) is 1.71. The maximum atomic E-state index is 11.1. The Bertz CT molecular complexity index is 309. The van der Waals surface area contributed by atoms with Gasteiger partial charge in [0.25, 0.3) is 10.1 Å². The molecule has 0 heterocycles. The van der Waals surface area contributed by atoms with E-state index in [0.717, 1.165) is 24.7 Å². The van der Waals surface area contributed by atoms with E-state index < -0.39 is 10.1 Å². The molecule has 0 aromatic carbocycles. The molecule has 0 aliphatic carbocycles. The molecule has 0 saturated carbocycles. The number of hydrogen-bond donors (Lipinski definition) is 0. The first-order chi connectivity index (χ1) is 7.12. The zero-order chi connectivity index (χ0) is 11.6. The molecule has 0 unspecified atom stereocenters. The smallest absolute Gasteiger partial charge is 0.254 e. The minimum Gasteiger partial charge on any atom is -0.254 e. The molecule has 0 rings (SSSR count). The third-order valence-corrected chi connectivity index (χ3v) is 2.77. The van der Waals surface area contributed by atoms with Crippen LogP contribution in [0.15, 0.2) is 11.5 Å². The van der Waals surface area contributed by atoms with Gasteiger partial charge < -0.3 is 0 Å². The highest BCUT2D eigenvalue weighted by Gasteiger charge is 2.02. The van der Waals surface area contributed by atoms with Gasteiger partial charge in [0.1, 0.15) is 6.61 Å². The normalized spacial score (nSPS) is 11.7. The summed E-state index contributed by atoms with van der Waals surface area (Å²) in [6.07, 6.45) is 11.8. The van der Waals surface area contributed by atoms with Gasteiger partial charge in [0, 0.05) is 0 Å². The standard InChI is InChI=1S/C11H18O3S/c1-3-5-6-7-8-9-11-15(12,13)14-10-4-2/h2,9,11H,3,5-8,10H2,1H3. The summed E-state index contributed by atoms with van der Waals surface area (Å²) < 4.78 is 26.6. The van der Waals surface area contributed by atoms with Gasteiger partial charge in [-0.05, 0) is 12.8 Å². The van der Waals surface area contributed by atoms with Gasteiger partial charge in [0.2, 0.25) is 0 Å². The van der Waals surface area contributed by atoms with E-state index in [1.807, 2.05) is 0 Å². The Balaban J connectivity index is 3.71. The van der Waals surface area contributed by atoms with E-state index in [0.29, 0.717) is 0 Å². The van der Waals surface area contributed by atoms with Gasteiger partial charge in [-0.15, -0.1) is 6.42 Å². The first kappa shape index (κ1) is 14.2. The van der Waals surface area contributed by atoms with E-state index in [9.17, 15) is 8.42 Å². The Hall–Kier alpha value is -0.790. The molecule has 0 aromatic heterocycles. The number of terminal acetylenes is 1. The highest BCUT2D eigenvalue weighted by atomic mass is 32.2. The summed E-state index contributed by atoms with van der Waals surface area (Å²) in [7, 11) is -3.56. The number of rotatable bonds is 8. The van der Waals surface area contributed by atoms with E-state index >= 15 is 0 Å². The third-order valence-electron chi connectivity index (χ3n) is 1.79. The minimum atomic E-state index is -3.56. The molecule has 0 spiro atoms. The summed E-state index contributed by atoms with van der Waals surface area (Å²) in [5.41, 5.74) is 0. The van der Waals surface area contributed by atoms with Crippen LogP contribution in [-0.4, -0.2) is 15.0 Å². The predicted molar refractivity (Wildman–Crippen MR) is 61.6 cm³/mol. The zero-order valence-electron chi connectivity index (χ0n) is 9.11. The van der Waals surface area contributed by atoms with Crippen LogP contribution in [0.4, 0.5) is 0 Å². The van der Waals surface area contributed by atoms with Crippen LogP contribution < -0.4 is 0 Å². The van der Waals surface area contributed by atoms with Crippen LogP contribution in [0.2, 0.25) is 0 Å². The van der Waals surface area contributed by atoms with Gasteiger partial charge in [0.15, 0.2) is 0 Å². The van der Waals surface area contributed by atoms with E-state index in [1.165, 1.54) is 12.8 Å². The lowest BCUT2D eigenvalue weighted by Gasteiger charge is -1.96. The second-order valence-electron chi connectivity index (χ2n) is 3.18. The van der Waals surface area contributed by atoms with Crippen molar-refractivity contribution in [1.82, 2.24) is 0 Å². The lowest BCUT2D eigenvalue weighted by molar-refractivity contribution is 0.370. The molecule has 0 saturated heterocycles. The lowest BCUT2D eigenvalue weighted by Crippen LogP contribution is -2.01. The van der Waals surface area contributed by atoms with Crippen LogP contribution in [-0.2, 0) is 14.3 Å². The molecule has 3 nitrogen and oxygen atoms in total. The van der Waals surface area contributed by atoms with Gasteiger partial charge in [-0.2, -0.15) is 8.42 Å². The second kappa shape index (κ2) is 8.51. The largest absolute Gasteiger partial charge is 0.290 e. The van der Waals surface area contributed by atoms with Crippen molar-refractivity contribution < 1.29 is 12.6 Å². The van der Waals surface area contributed by atoms with E-state index in [4.69, 9.17) is 6.42 Å². The maximum absolute atomic E-state index is 11.1. The van der Waals surface area contributed by atoms with E-state index in [1.54, 1.807) is 6.08 Å². The van der Waals surface area contributed by atoms with Gasteiger partial charge in [-0.25, -0.2) is 0 Å². The van der Waals surface area contributed by atoms with Crippen molar-refractivity contribution in [3.63, 3.8) is 0 Å². The quantitative estimate of drug-likeness (QED) is 0.365. The summed E-state index contributed by atoms with van der Waals surface area (Å²) in [6, 6.07) is 0. The van der Waals surface area contributed by atoms with Crippen molar-refractivity contribution in [3.8, 4) is 12.3 Å². The molecule has 0 aliphatic heterocycles. The lowest BCUT2D eigenvalue weighted by atomic mass is 10.2. The van der Waals surface area contributed by atoms with E-state index in [-0.39, 0.29) is 6.61 Å². The molecule has 0 radical (unpaired) electrons. The van der Waals surface area contributed by atoms with E-state index in [2.05, 4.69) is 17.0 Å². The van der Waals surface area contributed by atoms with Gasteiger partial charge in [-0.3, -0.25) is 4.18 Å². The number of hydrogen-bond acceptors (Lipinski definition) is 3. The Morgan fingerprint density at radius 1 is 1.33 bits per heavy atom. The maximum Gasteiger partial charge on any atom is 0.290 e. The van der Waals surface area contributed by atoms with Crippen LogP contribution in [0.5, 0.6) is 0 Å². The minimum absolute atomic E-state index is 0.206. The highest BCUT2D eigenvalue weighted by molar-refractivity contribution is 7.89. The van der Waals surface area contributed by atoms with Gasteiger partial charge in [0.05, 0.1) is 5.41 Å². The molecule has 0 aromatic rings. The Morgan fingerprint density at radius 3 is 2.67 bits per heavy atom. The molecule has 0 amide bonds. The van der Waals surface area contributed by atoms with Crippen molar-refractivity contribution in [3.05, 3.63) is 11.5 Å². The van der Waals surface area contributed by atoms with Crippen LogP contribution in [0, 0.1) is 12.3 Å². The number of unbranched alkanes of at least 4 members (excludes halogenated alkanes) is 4. The summed E-state index contributed by atoms with van der Waals surface area (Å²) in [5, 5.41) is 1.08. The van der Waals surface area contributed by atoms with Crippen LogP contribution in [0.25, 0.3) is 0 Å². The average Bonchev–Trinajstić information content (AvgIpc) is 2.20.